The Labute approximate surface area is 124 Å². The monoisotopic (exact) mass is 284 g/mol. The van der Waals surface area contributed by atoms with Crippen LogP contribution in [0.1, 0.15) is 31.1 Å². The fourth-order valence-electron chi connectivity index (χ4n) is 2.62. The highest BCUT2D eigenvalue weighted by atomic mass is 35.5. The van der Waals surface area contributed by atoms with E-state index in [-0.39, 0.29) is 12.2 Å². The lowest BCUT2D eigenvalue weighted by molar-refractivity contribution is 0.0331. The predicted molar refractivity (Wildman–Crippen MR) is 84.7 cm³/mol. The van der Waals surface area contributed by atoms with Crippen LogP contribution in [-0.2, 0) is 4.74 Å². The molecule has 0 saturated carbocycles. The zero-order chi connectivity index (χ0) is 14.1. The van der Waals surface area contributed by atoms with Gasteiger partial charge in [-0.3, -0.25) is 0 Å². The summed E-state index contributed by atoms with van der Waals surface area (Å²) in [7, 11) is 0. The highest BCUT2D eigenvalue weighted by Crippen LogP contribution is 2.42. The molecule has 0 bridgehead atoms. The van der Waals surface area contributed by atoms with Crippen molar-refractivity contribution in [2.75, 3.05) is 0 Å². The molecule has 1 aliphatic carbocycles. The molecule has 0 aromatic heterocycles. The standard InChI is InChI=1S/C18H17ClO/c1-12(2)20-18-16-10-6-5-9-15(16)14-8-4-3-7-13(14)11-17(18)19/h3-12,18H,1-2H3. The minimum Gasteiger partial charge on any atom is -0.365 e. The molecule has 0 fully saturated rings. The van der Waals surface area contributed by atoms with E-state index in [0.29, 0.717) is 0 Å². The van der Waals surface area contributed by atoms with Crippen molar-refractivity contribution < 1.29 is 4.74 Å². The predicted octanol–water partition coefficient (Wildman–Crippen LogP) is 5.41. The molecule has 2 heteroatoms. The Balaban J connectivity index is 2.23. The van der Waals surface area contributed by atoms with Crippen LogP contribution < -0.4 is 0 Å². The van der Waals surface area contributed by atoms with E-state index >= 15 is 0 Å². The van der Waals surface area contributed by atoms with E-state index in [0.717, 1.165) is 16.2 Å². The number of hydrogen-bond donors (Lipinski definition) is 0. The second-order valence-corrected chi connectivity index (χ2v) is 5.71. The van der Waals surface area contributed by atoms with Gasteiger partial charge in [-0.15, -0.1) is 0 Å². The SMILES string of the molecule is CC(C)OC1C(Cl)=Cc2ccccc2-c2ccccc21. The fourth-order valence-corrected chi connectivity index (χ4v) is 2.91. The summed E-state index contributed by atoms with van der Waals surface area (Å²) in [6.45, 7) is 4.07. The molecule has 102 valence electrons. The average molecular weight is 285 g/mol. The highest BCUT2D eigenvalue weighted by molar-refractivity contribution is 6.32. The Morgan fingerprint density at radius 2 is 1.60 bits per heavy atom. The summed E-state index contributed by atoms with van der Waals surface area (Å²) in [6.07, 6.45) is 1.95. The number of benzene rings is 2. The van der Waals surface area contributed by atoms with Crippen molar-refractivity contribution in [1.29, 1.82) is 0 Å². The van der Waals surface area contributed by atoms with Crippen molar-refractivity contribution in [2.45, 2.75) is 26.1 Å². The smallest absolute Gasteiger partial charge is 0.119 e. The maximum atomic E-state index is 6.52. The average Bonchev–Trinajstić information content (AvgIpc) is 2.55. The molecule has 0 aliphatic heterocycles. The number of hydrogen-bond acceptors (Lipinski definition) is 1. The van der Waals surface area contributed by atoms with Crippen LogP contribution in [0, 0.1) is 0 Å². The van der Waals surface area contributed by atoms with Gasteiger partial charge in [0, 0.05) is 0 Å². The van der Waals surface area contributed by atoms with Gasteiger partial charge in [-0.1, -0.05) is 60.1 Å². The van der Waals surface area contributed by atoms with Crippen LogP contribution in [-0.4, -0.2) is 6.10 Å². The van der Waals surface area contributed by atoms with E-state index < -0.39 is 0 Å². The van der Waals surface area contributed by atoms with E-state index in [9.17, 15) is 0 Å². The van der Waals surface area contributed by atoms with Crippen LogP contribution in [0.2, 0.25) is 0 Å². The Kier molecular flexibility index (Phi) is 3.64. The summed E-state index contributed by atoms with van der Waals surface area (Å²) >= 11 is 6.52. The minimum atomic E-state index is -0.194. The second kappa shape index (κ2) is 5.43. The highest BCUT2D eigenvalue weighted by Gasteiger charge is 2.24. The molecule has 0 radical (unpaired) electrons. The third-order valence-corrected chi connectivity index (χ3v) is 3.75. The lowest BCUT2D eigenvalue weighted by Gasteiger charge is -2.21. The Morgan fingerprint density at radius 1 is 0.950 bits per heavy atom. The van der Waals surface area contributed by atoms with E-state index in [1.54, 1.807) is 0 Å². The van der Waals surface area contributed by atoms with Gasteiger partial charge < -0.3 is 4.74 Å². The second-order valence-electron chi connectivity index (χ2n) is 5.27. The molecule has 0 spiro atoms. The van der Waals surface area contributed by atoms with Gasteiger partial charge in [0.05, 0.1) is 11.1 Å². The van der Waals surface area contributed by atoms with Gasteiger partial charge in [-0.25, -0.2) is 0 Å². The molecule has 1 nitrogen and oxygen atoms in total. The summed E-state index contributed by atoms with van der Waals surface area (Å²) < 4.78 is 6.04. The van der Waals surface area contributed by atoms with Crippen molar-refractivity contribution in [3.05, 3.63) is 64.7 Å². The molecular formula is C18H17ClO. The maximum absolute atomic E-state index is 6.52. The molecule has 1 aliphatic rings. The van der Waals surface area contributed by atoms with Crippen LogP contribution in [0.25, 0.3) is 17.2 Å². The van der Waals surface area contributed by atoms with Gasteiger partial charge in [0.15, 0.2) is 0 Å². The lowest BCUT2D eigenvalue weighted by Crippen LogP contribution is -2.11. The van der Waals surface area contributed by atoms with Crippen molar-refractivity contribution in [1.82, 2.24) is 0 Å². The van der Waals surface area contributed by atoms with Gasteiger partial charge in [-0.2, -0.15) is 0 Å². The molecule has 2 aromatic carbocycles. The Morgan fingerprint density at radius 3 is 2.35 bits per heavy atom. The van der Waals surface area contributed by atoms with Gasteiger partial charge in [0.2, 0.25) is 0 Å². The molecule has 20 heavy (non-hydrogen) atoms. The largest absolute Gasteiger partial charge is 0.365 e. The van der Waals surface area contributed by atoms with Crippen molar-refractivity contribution >= 4 is 17.7 Å². The normalized spacial score (nSPS) is 17.2. The van der Waals surface area contributed by atoms with E-state index in [2.05, 4.69) is 36.4 Å². The molecule has 1 atom stereocenters. The van der Waals surface area contributed by atoms with E-state index in [1.165, 1.54) is 11.1 Å². The van der Waals surface area contributed by atoms with Crippen molar-refractivity contribution in [3.8, 4) is 11.1 Å². The topological polar surface area (TPSA) is 9.23 Å². The molecule has 3 rings (SSSR count). The number of ether oxygens (including phenoxy) is 1. The van der Waals surface area contributed by atoms with Crippen LogP contribution >= 0.6 is 11.6 Å². The first-order valence-electron chi connectivity index (χ1n) is 6.87. The minimum absolute atomic E-state index is 0.122. The molecule has 2 aromatic rings. The van der Waals surface area contributed by atoms with E-state index in [4.69, 9.17) is 16.3 Å². The first kappa shape index (κ1) is 13.4. The molecule has 1 unspecified atom stereocenters. The first-order valence-corrected chi connectivity index (χ1v) is 7.25. The zero-order valence-electron chi connectivity index (χ0n) is 11.6. The van der Waals surface area contributed by atoms with Crippen molar-refractivity contribution in [2.24, 2.45) is 0 Å². The number of fused-ring (bicyclic) bond motifs is 3. The molecule has 0 amide bonds. The summed E-state index contributed by atoms with van der Waals surface area (Å²) in [5.74, 6) is 0. The van der Waals surface area contributed by atoms with Crippen LogP contribution in [0.5, 0.6) is 0 Å². The molecule has 0 heterocycles. The molecule has 0 saturated heterocycles. The van der Waals surface area contributed by atoms with Gasteiger partial charge in [0.1, 0.15) is 6.10 Å². The van der Waals surface area contributed by atoms with Crippen LogP contribution in [0.4, 0.5) is 0 Å². The zero-order valence-corrected chi connectivity index (χ0v) is 12.4. The lowest BCUT2D eigenvalue weighted by atomic mass is 9.96. The third kappa shape index (κ3) is 2.39. The summed E-state index contributed by atoms with van der Waals surface area (Å²) in [6, 6.07) is 16.6. The Hall–Kier alpha value is -1.57. The summed E-state index contributed by atoms with van der Waals surface area (Å²) in [5.41, 5.74) is 4.67. The number of rotatable bonds is 2. The van der Waals surface area contributed by atoms with Crippen LogP contribution in [0.3, 0.4) is 0 Å². The number of halogens is 1. The van der Waals surface area contributed by atoms with Crippen LogP contribution in [0.15, 0.2) is 53.6 Å². The summed E-state index contributed by atoms with van der Waals surface area (Å²) in [5, 5.41) is 0.733. The third-order valence-electron chi connectivity index (χ3n) is 3.45. The quantitative estimate of drug-likeness (QED) is 0.716. The molecular weight excluding hydrogens is 268 g/mol. The molecule has 0 N–H and O–H groups in total. The Bertz CT molecular complexity index is 658. The first-order chi connectivity index (χ1) is 9.66. The maximum Gasteiger partial charge on any atom is 0.119 e. The van der Waals surface area contributed by atoms with Gasteiger partial charge in [-0.05, 0) is 42.2 Å². The van der Waals surface area contributed by atoms with Crippen molar-refractivity contribution in [3.63, 3.8) is 0 Å². The van der Waals surface area contributed by atoms with Gasteiger partial charge in [0.25, 0.3) is 0 Å². The van der Waals surface area contributed by atoms with Gasteiger partial charge >= 0.3 is 0 Å². The summed E-state index contributed by atoms with van der Waals surface area (Å²) in [4.78, 5) is 0. The van der Waals surface area contributed by atoms with E-state index in [1.807, 2.05) is 32.1 Å². The fraction of sp³-hybridized carbons (Fsp3) is 0.222.